The van der Waals surface area contributed by atoms with Crippen molar-refractivity contribution in [2.24, 2.45) is 0 Å². The standard InChI is InChI=1S/C23H20N2OS/c26-23(24-12-10-22-18(15-24)11-13-27-22)20-16-25(14-17-6-2-1-3-7-17)21-9-5-4-8-19(20)21/h1-9,11,13,16H,10,12,14-15H2. The topological polar surface area (TPSA) is 25.2 Å². The maximum Gasteiger partial charge on any atom is 0.256 e. The average Bonchev–Trinajstić information content (AvgIpc) is 3.33. The summed E-state index contributed by atoms with van der Waals surface area (Å²) in [6.07, 6.45) is 2.99. The molecule has 0 atom stereocenters. The lowest BCUT2D eigenvalue weighted by Gasteiger charge is -2.26. The molecular weight excluding hydrogens is 352 g/mol. The molecule has 2 aromatic carbocycles. The zero-order chi connectivity index (χ0) is 18.2. The molecule has 0 saturated carbocycles. The molecule has 0 fully saturated rings. The molecule has 4 aromatic rings. The molecule has 4 heteroatoms. The number of carbonyl (C=O) groups excluding carboxylic acids is 1. The number of para-hydroxylation sites is 1. The smallest absolute Gasteiger partial charge is 0.256 e. The molecule has 27 heavy (non-hydrogen) atoms. The number of amides is 1. The highest BCUT2D eigenvalue weighted by molar-refractivity contribution is 7.10. The maximum atomic E-state index is 13.3. The molecule has 1 amide bonds. The van der Waals surface area contributed by atoms with Crippen molar-refractivity contribution in [1.29, 1.82) is 0 Å². The van der Waals surface area contributed by atoms with E-state index in [1.54, 1.807) is 11.3 Å². The summed E-state index contributed by atoms with van der Waals surface area (Å²) in [5.41, 5.74) is 4.45. The van der Waals surface area contributed by atoms with E-state index < -0.39 is 0 Å². The van der Waals surface area contributed by atoms with E-state index in [0.717, 1.165) is 42.5 Å². The summed E-state index contributed by atoms with van der Waals surface area (Å²) in [5, 5.41) is 3.17. The molecule has 0 N–H and O–H groups in total. The number of hydrogen-bond acceptors (Lipinski definition) is 2. The quantitative estimate of drug-likeness (QED) is 0.499. The first-order valence-corrected chi connectivity index (χ1v) is 10.1. The lowest BCUT2D eigenvalue weighted by molar-refractivity contribution is 0.0737. The fourth-order valence-corrected chi connectivity index (χ4v) is 4.81. The first kappa shape index (κ1) is 16.3. The van der Waals surface area contributed by atoms with Gasteiger partial charge in [-0.2, -0.15) is 0 Å². The third-order valence-electron chi connectivity index (χ3n) is 5.31. The van der Waals surface area contributed by atoms with Crippen LogP contribution in [0, 0.1) is 0 Å². The number of nitrogens with zero attached hydrogens (tertiary/aromatic N) is 2. The number of hydrogen-bond donors (Lipinski definition) is 0. The average molecular weight is 372 g/mol. The Kier molecular flexibility index (Phi) is 4.06. The van der Waals surface area contributed by atoms with Crippen LogP contribution in [0.2, 0.25) is 0 Å². The van der Waals surface area contributed by atoms with Gasteiger partial charge in [0.15, 0.2) is 0 Å². The molecule has 3 nitrogen and oxygen atoms in total. The summed E-state index contributed by atoms with van der Waals surface area (Å²) in [4.78, 5) is 16.7. The third-order valence-corrected chi connectivity index (χ3v) is 6.33. The highest BCUT2D eigenvalue weighted by atomic mass is 32.1. The zero-order valence-electron chi connectivity index (χ0n) is 15.0. The minimum absolute atomic E-state index is 0.134. The summed E-state index contributed by atoms with van der Waals surface area (Å²) in [6, 6.07) is 20.7. The molecule has 0 unspecified atom stereocenters. The Morgan fingerprint density at radius 2 is 1.81 bits per heavy atom. The molecule has 0 bridgehead atoms. The van der Waals surface area contributed by atoms with Gasteiger partial charge < -0.3 is 9.47 Å². The first-order chi connectivity index (χ1) is 13.3. The number of carbonyl (C=O) groups is 1. The molecule has 0 spiro atoms. The molecule has 2 aromatic heterocycles. The Morgan fingerprint density at radius 1 is 1.00 bits per heavy atom. The summed E-state index contributed by atoms with van der Waals surface area (Å²) in [6.45, 7) is 2.28. The van der Waals surface area contributed by atoms with Crippen molar-refractivity contribution in [2.75, 3.05) is 6.54 Å². The van der Waals surface area contributed by atoms with E-state index in [-0.39, 0.29) is 5.91 Å². The zero-order valence-corrected chi connectivity index (χ0v) is 15.8. The van der Waals surface area contributed by atoms with Crippen LogP contribution in [0.1, 0.15) is 26.4 Å². The third kappa shape index (κ3) is 2.96. The molecule has 1 aliphatic rings. The van der Waals surface area contributed by atoms with Crippen LogP contribution in [0.15, 0.2) is 72.2 Å². The molecule has 0 aliphatic carbocycles. The number of benzene rings is 2. The van der Waals surface area contributed by atoms with Crippen LogP contribution in [-0.4, -0.2) is 21.9 Å². The van der Waals surface area contributed by atoms with Gasteiger partial charge >= 0.3 is 0 Å². The van der Waals surface area contributed by atoms with E-state index in [4.69, 9.17) is 0 Å². The van der Waals surface area contributed by atoms with Gasteiger partial charge in [0.2, 0.25) is 0 Å². The van der Waals surface area contributed by atoms with Crippen LogP contribution in [0.25, 0.3) is 10.9 Å². The van der Waals surface area contributed by atoms with Gasteiger partial charge in [-0.15, -0.1) is 11.3 Å². The predicted octanol–water partition coefficient (Wildman–Crippen LogP) is 4.95. The van der Waals surface area contributed by atoms with Crippen LogP contribution in [0.3, 0.4) is 0 Å². The van der Waals surface area contributed by atoms with E-state index in [2.05, 4.69) is 52.4 Å². The van der Waals surface area contributed by atoms with E-state index in [9.17, 15) is 4.79 Å². The largest absolute Gasteiger partial charge is 0.342 e. The minimum atomic E-state index is 0.134. The lowest BCUT2D eigenvalue weighted by atomic mass is 10.1. The van der Waals surface area contributed by atoms with E-state index in [1.807, 2.05) is 29.3 Å². The summed E-state index contributed by atoms with van der Waals surface area (Å²) >= 11 is 1.80. The van der Waals surface area contributed by atoms with Gasteiger partial charge in [-0.1, -0.05) is 48.5 Å². The second-order valence-corrected chi connectivity index (χ2v) is 8.02. The van der Waals surface area contributed by atoms with Gasteiger partial charge in [0, 0.05) is 41.6 Å². The van der Waals surface area contributed by atoms with Crippen LogP contribution < -0.4 is 0 Å². The molecule has 5 rings (SSSR count). The van der Waals surface area contributed by atoms with Crippen LogP contribution >= 0.6 is 11.3 Å². The van der Waals surface area contributed by atoms with Gasteiger partial charge in [-0.05, 0) is 35.1 Å². The van der Waals surface area contributed by atoms with Crippen molar-refractivity contribution in [3.63, 3.8) is 0 Å². The number of fused-ring (bicyclic) bond motifs is 2. The van der Waals surface area contributed by atoms with Gasteiger partial charge in [0.1, 0.15) is 0 Å². The van der Waals surface area contributed by atoms with Gasteiger partial charge in [0.05, 0.1) is 5.56 Å². The fourth-order valence-electron chi connectivity index (χ4n) is 3.92. The molecule has 3 heterocycles. The Labute approximate surface area is 162 Å². The fraction of sp³-hybridized carbons (Fsp3) is 0.174. The van der Waals surface area contributed by atoms with Crippen molar-refractivity contribution in [2.45, 2.75) is 19.5 Å². The van der Waals surface area contributed by atoms with E-state index >= 15 is 0 Å². The van der Waals surface area contributed by atoms with Gasteiger partial charge in [-0.25, -0.2) is 0 Å². The molecule has 0 saturated heterocycles. The number of thiophene rings is 1. The number of rotatable bonds is 3. The SMILES string of the molecule is O=C(c1cn(Cc2ccccc2)c2ccccc12)N1CCc2sccc2C1. The van der Waals surface area contributed by atoms with Crippen LogP contribution in [0.5, 0.6) is 0 Å². The Morgan fingerprint density at radius 3 is 2.70 bits per heavy atom. The highest BCUT2D eigenvalue weighted by Crippen LogP contribution is 2.28. The second-order valence-electron chi connectivity index (χ2n) is 7.02. The minimum Gasteiger partial charge on any atom is -0.342 e. The summed E-state index contributed by atoms with van der Waals surface area (Å²) in [7, 11) is 0. The molecule has 1 aliphatic heterocycles. The van der Waals surface area contributed by atoms with E-state index in [1.165, 1.54) is 16.0 Å². The predicted molar refractivity (Wildman–Crippen MR) is 110 cm³/mol. The number of aromatic nitrogens is 1. The van der Waals surface area contributed by atoms with Crippen LogP contribution in [-0.2, 0) is 19.5 Å². The molecule has 0 radical (unpaired) electrons. The Bertz CT molecular complexity index is 1110. The summed E-state index contributed by atoms with van der Waals surface area (Å²) < 4.78 is 2.19. The Hall–Kier alpha value is -2.85. The van der Waals surface area contributed by atoms with Crippen molar-refractivity contribution in [1.82, 2.24) is 9.47 Å². The highest BCUT2D eigenvalue weighted by Gasteiger charge is 2.25. The van der Waals surface area contributed by atoms with Crippen molar-refractivity contribution >= 4 is 28.1 Å². The van der Waals surface area contributed by atoms with Crippen molar-refractivity contribution in [3.8, 4) is 0 Å². The van der Waals surface area contributed by atoms with E-state index in [0.29, 0.717) is 0 Å². The van der Waals surface area contributed by atoms with Crippen molar-refractivity contribution in [3.05, 3.63) is 93.8 Å². The lowest BCUT2D eigenvalue weighted by Crippen LogP contribution is -2.35. The van der Waals surface area contributed by atoms with Crippen molar-refractivity contribution < 1.29 is 4.79 Å². The van der Waals surface area contributed by atoms with Crippen LogP contribution in [0.4, 0.5) is 0 Å². The monoisotopic (exact) mass is 372 g/mol. The summed E-state index contributed by atoms with van der Waals surface area (Å²) in [5.74, 6) is 0.134. The Balaban J connectivity index is 1.51. The second kappa shape index (κ2) is 6.71. The molecule has 134 valence electrons. The maximum absolute atomic E-state index is 13.3. The molecular formula is C23H20N2OS. The first-order valence-electron chi connectivity index (χ1n) is 9.26. The van der Waals surface area contributed by atoms with Gasteiger partial charge in [0.25, 0.3) is 5.91 Å². The normalized spacial score (nSPS) is 13.7. The van der Waals surface area contributed by atoms with Gasteiger partial charge in [-0.3, -0.25) is 4.79 Å².